The molecule has 29 heavy (non-hydrogen) atoms. The summed E-state index contributed by atoms with van der Waals surface area (Å²) in [5, 5.41) is 0.648. The lowest BCUT2D eigenvalue weighted by Gasteiger charge is -2.09. The van der Waals surface area contributed by atoms with Crippen molar-refractivity contribution >= 4 is 23.4 Å². The second kappa shape index (κ2) is 9.71. The van der Waals surface area contributed by atoms with E-state index >= 15 is 0 Å². The lowest BCUT2D eigenvalue weighted by molar-refractivity contribution is -0.121. The minimum absolute atomic E-state index is 0.133. The lowest BCUT2D eigenvalue weighted by Crippen LogP contribution is -2.42. The van der Waals surface area contributed by atoms with Crippen LogP contribution in [0.1, 0.15) is 27.2 Å². The molecule has 2 amide bonds. The van der Waals surface area contributed by atoms with Crippen LogP contribution in [0.5, 0.6) is 5.75 Å². The summed E-state index contributed by atoms with van der Waals surface area (Å²) >= 11 is 5.84. The SMILES string of the molecule is Cc1ccc(CC(=O)NNC(=O)c2ccc(COc3ccc(Cl)cc3)cc2)cn1. The molecule has 1 aromatic heterocycles. The van der Waals surface area contributed by atoms with Gasteiger partial charge in [0.2, 0.25) is 5.91 Å². The largest absolute Gasteiger partial charge is 0.489 e. The number of ether oxygens (including phenoxy) is 1. The highest BCUT2D eigenvalue weighted by Crippen LogP contribution is 2.17. The number of hydrogen-bond donors (Lipinski definition) is 2. The zero-order valence-corrected chi connectivity index (χ0v) is 16.6. The van der Waals surface area contributed by atoms with Gasteiger partial charge in [0, 0.05) is 22.5 Å². The van der Waals surface area contributed by atoms with Gasteiger partial charge >= 0.3 is 0 Å². The Kier molecular flexibility index (Phi) is 6.81. The molecule has 3 aromatic rings. The maximum absolute atomic E-state index is 12.2. The maximum atomic E-state index is 12.2. The first-order valence-electron chi connectivity index (χ1n) is 8.97. The molecule has 0 aliphatic heterocycles. The van der Waals surface area contributed by atoms with Crippen molar-refractivity contribution in [1.29, 1.82) is 0 Å². The number of benzene rings is 2. The first-order valence-corrected chi connectivity index (χ1v) is 9.35. The minimum Gasteiger partial charge on any atom is -0.489 e. The molecule has 2 N–H and O–H groups in total. The molecule has 3 rings (SSSR count). The number of hydrogen-bond acceptors (Lipinski definition) is 4. The Morgan fingerprint density at radius 1 is 0.931 bits per heavy atom. The Morgan fingerprint density at radius 2 is 1.62 bits per heavy atom. The van der Waals surface area contributed by atoms with Crippen LogP contribution in [-0.2, 0) is 17.8 Å². The van der Waals surface area contributed by atoms with Crippen molar-refractivity contribution in [1.82, 2.24) is 15.8 Å². The number of rotatable bonds is 6. The molecule has 0 bridgehead atoms. The Balaban J connectivity index is 1.46. The van der Waals surface area contributed by atoms with Gasteiger partial charge in [0.1, 0.15) is 12.4 Å². The van der Waals surface area contributed by atoms with Crippen LogP contribution in [0.4, 0.5) is 0 Å². The zero-order chi connectivity index (χ0) is 20.6. The molecule has 0 spiro atoms. The number of nitrogens with zero attached hydrogens (tertiary/aromatic N) is 1. The molecule has 0 saturated carbocycles. The number of halogens is 1. The van der Waals surface area contributed by atoms with E-state index in [1.165, 1.54) is 0 Å². The van der Waals surface area contributed by atoms with Crippen LogP contribution in [0.25, 0.3) is 0 Å². The first-order chi connectivity index (χ1) is 14.0. The van der Waals surface area contributed by atoms with Gasteiger partial charge in [-0.25, -0.2) is 0 Å². The van der Waals surface area contributed by atoms with Crippen molar-refractivity contribution in [3.8, 4) is 5.75 Å². The van der Waals surface area contributed by atoms with Crippen molar-refractivity contribution in [3.05, 3.63) is 94.3 Å². The average molecular weight is 410 g/mol. The van der Waals surface area contributed by atoms with Gasteiger partial charge in [-0.15, -0.1) is 0 Å². The lowest BCUT2D eigenvalue weighted by atomic mass is 10.1. The Morgan fingerprint density at radius 3 is 2.28 bits per heavy atom. The molecule has 2 aromatic carbocycles. The van der Waals surface area contributed by atoms with E-state index < -0.39 is 5.91 Å². The van der Waals surface area contributed by atoms with Gasteiger partial charge in [0.15, 0.2) is 0 Å². The fourth-order valence-electron chi connectivity index (χ4n) is 2.48. The number of nitrogens with one attached hydrogen (secondary N) is 2. The first kappa shape index (κ1) is 20.4. The van der Waals surface area contributed by atoms with Gasteiger partial charge < -0.3 is 4.74 Å². The second-order valence-electron chi connectivity index (χ2n) is 6.43. The Hall–Kier alpha value is -3.38. The van der Waals surface area contributed by atoms with E-state index in [1.54, 1.807) is 54.7 Å². The molecular weight excluding hydrogens is 390 g/mol. The molecule has 0 aliphatic rings. The van der Waals surface area contributed by atoms with E-state index in [2.05, 4.69) is 15.8 Å². The van der Waals surface area contributed by atoms with Crippen LogP contribution < -0.4 is 15.6 Å². The smallest absolute Gasteiger partial charge is 0.269 e. The molecule has 0 unspecified atom stereocenters. The van der Waals surface area contributed by atoms with Gasteiger partial charge in [-0.1, -0.05) is 29.8 Å². The Labute approximate surface area is 173 Å². The van der Waals surface area contributed by atoms with Crippen molar-refractivity contribution in [3.63, 3.8) is 0 Å². The second-order valence-corrected chi connectivity index (χ2v) is 6.86. The fourth-order valence-corrected chi connectivity index (χ4v) is 2.61. The summed E-state index contributed by atoms with van der Waals surface area (Å²) in [6.07, 6.45) is 1.77. The number of carbonyl (C=O) groups excluding carboxylic acids is 2. The summed E-state index contributed by atoms with van der Waals surface area (Å²) in [5.41, 5.74) is 7.81. The Bertz CT molecular complexity index is 972. The quantitative estimate of drug-likeness (QED) is 0.609. The highest BCUT2D eigenvalue weighted by molar-refractivity contribution is 6.30. The third-order valence-electron chi connectivity index (χ3n) is 4.09. The molecule has 0 saturated heterocycles. The zero-order valence-electron chi connectivity index (χ0n) is 15.8. The van der Waals surface area contributed by atoms with Crippen LogP contribution >= 0.6 is 11.6 Å². The van der Waals surface area contributed by atoms with E-state index in [0.29, 0.717) is 22.9 Å². The van der Waals surface area contributed by atoms with Gasteiger partial charge in [-0.2, -0.15) is 0 Å². The number of hydrazine groups is 1. The summed E-state index contributed by atoms with van der Waals surface area (Å²) in [7, 11) is 0. The summed E-state index contributed by atoms with van der Waals surface area (Å²) in [6.45, 7) is 2.24. The summed E-state index contributed by atoms with van der Waals surface area (Å²) in [4.78, 5) is 28.3. The van der Waals surface area contributed by atoms with Gasteiger partial charge in [-0.05, 0) is 60.5 Å². The molecule has 0 radical (unpaired) electrons. The van der Waals surface area contributed by atoms with Crippen molar-refractivity contribution < 1.29 is 14.3 Å². The standard InChI is InChI=1S/C22H20ClN3O3/c1-15-2-3-17(13-24-15)12-21(27)25-26-22(28)18-6-4-16(5-7-18)14-29-20-10-8-19(23)9-11-20/h2-11,13H,12,14H2,1H3,(H,25,27)(H,26,28). The fraction of sp³-hybridized carbons (Fsp3) is 0.136. The maximum Gasteiger partial charge on any atom is 0.269 e. The van der Waals surface area contributed by atoms with Gasteiger partial charge in [-0.3, -0.25) is 25.4 Å². The van der Waals surface area contributed by atoms with Crippen LogP contribution in [-0.4, -0.2) is 16.8 Å². The minimum atomic E-state index is -0.398. The molecular formula is C22H20ClN3O3. The van der Waals surface area contributed by atoms with Crippen LogP contribution in [0.15, 0.2) is 66.9 Å². The molecule has 0 atom stereocenters. The van der Waals surface area contributed by atoms with E-state index in [-0.39, 0.29) is 12.3 Å². The van der Waals surface area contributed by atoms with Crippen LogP contribution in [0, 0.1) is 6.92 Å². The van der Waals surface area contributed by atoms with E-state index in [0.717, 1.165) is 16.8 Å². The highest BCUT2D eigenvalue weighted by atomic mass is 35.5. The topological polar surface area (TPSA) is 80.3 Å². The number of pyridine rings is 1. The summed E-state index contributed by atoms with van der Waals surface area (Å²) < 4.78 is 5.67. The number of aryl methyl sites for hydroxylation is 1. The molecule has 1 heterocycles. The van der Waals surface area contributed by atoms with Crippen LogP contribution in [0.2, 0.25) is 5.02 Å². The number of amides is 2. The molecule has 0 aliphatic carbocycles. The van der Waals surface area contributed by atoms with Crippen molar-refractivity contribution in [2.24, 2.45) is 0 Å². The molecule has 0 fully saturated rings. The van der Waals surface area contributed by atoms with E-state index in [4.69, 9.17) is 16.3 Å². The monoisotopic (exact) mass is 409 g/mol. The van der Waals surface area contributed by atoms with Gasteiger partial charge in [0.25, 0.3) is 5.91 Å². The summed E-state index contributed by atoms with van der Waals surface area (Å²) in [5.74, 6) is -0.00903. The van der Waals surface area contributed by atoms with E-state index in [1.807, 2.05) is 19.1 Å². The van der Waals surface area contributed by atoms with E-state index in [9.17, 15) is 9.59 Å². The molecule has 6 nitrogen and oxygen atoms in total. The highest BCUT2D eigenvalue weighted by Gasteiger charge is 2.08. The predicted molar refractivity (Wildman–Crippen MR) is 111 cm³/mol. The van der Waals surface area contributed by atoms with Crippen molar-refractivity contribution in [2.75, 3.05) is 0 Å². The molecule has 148 valence electrons. The van der Waals surface area contributed by atoms with Gasteiger partial charge in [0.05, 0.1) is 6.42 Å². The summed E-state index contributed by atoms with van der Waals surface area (Å²) in [6, 6.07) is 17.7. The van der Waals surface area contributed by atoms with Crippen molar-refractivity contribution in [2.45, 2.75) is 20.0 Å². The third-order valence-corrected chi connectivity index (χ3v) is 4.34. The van der Waals surface area contributed by atoms with Crippen LogP contribution in [0.3, 0.4) is 0 Å². The number of carbonyl (C=O) groups is 2. The third kappa shape index (κ3) is 6.33. The number of aromatic nitrogens is 1. The molecule has 7 heteroatoms. The normalized spacial score (nSPS) is 10.3. The predicted octanol–water partition coefficient (Wildman–Crippen LogP) is 3.63. The average Bonchev–Trinajstić information content (AvgIpc) is 2.74.